The molecule has 5 nitrogen and oxygen atoms in total. The Bertz CT molecular complexity index is 966. The number of benzene rings is 2. The lowest BCUT2D eigenvalue weighted by atomic mass is 10.1. The van der Waals surface area contributed by atoms with E-state index in [0.717, 1.165) is 4.90 Å². The third kappa shape index (κ3) is 3.28. The van der Waals surface area contributed by atoms with E-state index in [1.165, 1.54) is 4.57 Å². The first-order chi connectivity index (χ1) is 11.6. The van der Waals surface area contributed by atoms with Crippen LogP contribution in [0.25, 0.3) is 10.8 Å². The Kier molecular flexibility index (Phi) is 4.57. The Morgan fingerprint density at radius 2 is 1.79 bits per heavy atom. The number of anilines is 2. The zero-order chi connectivity index (χ0) is 17.1. The second-order valence-corrected chi connectivity index (χ2v) is 6.20. The minimum absolute atomic E-state index is 0.0933. The molecule has 0 fully saturated rings. The Hall–Kier alpha value is -2.73. The summed E-state index contributed by atoms with van der Waals surface area (Å²) in [6.45, 7) is 0. The molecule has 0 atom stereocenters. The van der Waals surface area contributed by atoms with Crippen molar-refractivity contribution in [3.8, 4) is 0 Å². The summed E-state index contributed by atoms with van der Waals surface area (Å²) in [5.74, 6) is 0. The maximum Gasteiger partial charge on any atom is 0.323 e. The average molecular weight is 339 g/mol. The summed E-state index contributed by atoms with van der Waals surface area (Å²) in [5, 5.41) is 6.92. The first-order valence-electron chi connectivity index (χ1n) is 7.39. The Labute approximate surface area is 143 Å². The van der Waals surface area contributed by atoms with E-state index in [-0.39, 0.29) is 11.6 Å². The monoisotopic (exact) mass is 339 g/mol. The minimum atomic E-state index is -0.350. The van der Waals surface area contributed by atoms with E-state index in [4.69, 9.17) is 0 Å². The zero-order valence-electron chi connectivity index (χ0n) is 13.4. The molecule has 2 amide bonds. The molecule has 0 aliphatic carbocycles. The van der Waals surface area contributed by atoms with Crippen molar-refractivity contribution in [3.05, 3.63) is 65.1 Å². The fourth-order valence-corrected chi connectivity index (χ4v) is 2.96. The van der Waals surface area contributed by atoms with Crippen molar-refractivity contribution >= 4 is 39.9 Å². The highest BCUT2D eigenvalue weighted by Crippen LogP contribution is 2.21. The summed E-state index contributed by atoms with van der Waals surface area (Å²) in [5.41, 5.74) is 1.21. The number of nitrogens with one attached hydrogen (secondary N) is 2. The van der Waals surface area contributed by atoms with Gasteiger partial charge in [0.2, 0.25) is 0 Å². The number of carbonyl (C=O) groups is 1. The number of aryl methyl sites for hydroxylation is 1. The molecule has 2 aromatic carbocycles. The van der Waals surface area contributed by atoms with Crippen LogP contribution in [0.3, 0.4) is 0 Å². The van der Waals surface area contributed by atoms with Gasteiger partial charge in [0.15, 0.2) is 0 Å². The van der Waals surface area contributed by atoms with E-state index >= 15 is 0 Å². The lowest BCUT2D eigenvalue weighted by Crippen LogP contribution is -2.23. The van der Waals surface area contributed by atoms with Gasteiger partial charge in [-0.05, 0) is 30.5 Å². The van der Waals surface area contributed by atoms with Crippen molar-refractivity contribution in [3.63, 3.8) is 0 Å². The molecule has 6 heteroatoms. The molecule has 3 aromatic rings. The van der Waals surface area contributed by atoms with Gasteiger partial charge in [-0.1, -0.05) is 24.3 Å². The van der Waals surface area contributed by atoms with Crippen molar-refractivity contribution < 1.29 is 4.79 Å². The van der Waals surface area contributed by atoms with Gasteiger partial charge in [-0.15, -0.1) is 11.8 Å². The minimum Gasteiger partial charge on any atom is -0.316 e. The van der Waals surface area contributed by atoms with Gasteiger partial charge in [-0.3, -0.25) is 4.79 Å². The van der Waals surface area contributed by atoms with Crippen molar-refractivity contribution in [2.24, 2.45) is 7.05 Å². The number of nitrogens with zero attached hydrogens (tertiary/aromatic N) is 1. The SMILES string of the molecule is CSc1cccc(NC(=O)Nc2cn(C)c(=O)c3ccccc23)c1. The summed E-state index contributed by atoms with van der Waals surface area (Å²) in [4.78, 5) is 25.5. The first kappa shape index (κ1) is 16.1. The quantitative estimate of drug-likeness (QED) is 0.711. The van der Waals surface area contributed by atoms with Crippen LogP contribution in [0.1, 0.15) is 0 Å². The predicted octanol–water partition coefficient (Wildman–Crippen LogP) is 3.90. The molecule has 0 aliphatic heterocycles. The van der Waals surface area contributed by atoms with Gasteiger partial charge in [0.05, 0.1) is 5.69 Å². The second kappa shape index (κ2) is 6.80. The van der Waals surface area contributed by atoms with Crippen molar-refractivity contribution in [1.29, 1.82) is 0 Å². The number of urea groups is 1. The average Bonchev–Trinajstić information content (AvgIpc) is 2.59. The fraction of sp³-hybridized carbons (Fsp3) is 0.111. The van der Waals surface area contributed by atoms with Gasteiger partial charge in [-0.2, -0.15) is 0 Å². The molecule has 0 saturated heterocycles. The number of carbonyl (C=O) groups excluding carboxylic acids is 1. The lowest BCUT2D eigenvalue weighted by Gasteiger charge is -2.12. The first-order valence-corrected chi connectivity index (χ1v) is 8.61. The molecular formula is C18H17N3O2S. The third-order valence-electron chi connectivity index (χ3n) is 3.67. The number of hydrogen-bond donors (Lipinski definition) is 2. The number of hydrogen-bond acceptors (Lipinski definition) is 3. The standard InChI is InChI=1S/C18H17N3O2S/c1-21-11-16(14-8-3-4-9-15(14)17(21)22)20-18(23)19-12-6-5-7-13(10-12)24-2/h3-11H,1-2H3,(H2,19,20,23). The summed E-state index contributed by atoms with van der Waals surface area (Å²) >= 11 is 1.61. The normalized spacial score (nSPS) is 10.6. The Morgan fingerprint density at radius 1 is 1.04 bits per heavy atom. The molecule has 0 bridgehead atoms. The predicted molar refractivity (Wildman–Crippen MR) is 100 cm³/mol. The maximum absolute atomic E-state index is 12.3. The highest BCUT2D eigenvalue weighted by Gasteiger charge is 2.10. The number of aromatic nitrogens is 1. The van der Waals surface area contributed by atoms with Gasteiger partial charge in [0.25, 0.3) is 5.56 Å². The molecular weight excluding hydrogens is 322 g/mol. The van der Waals surface area contributed by atoms with E-state index in [1.807, 2.05) is 48.7 Å². The van der Waals surface area contributed by atoms with E-state index in [1.54, 1.807) is 31.1 Å². The van der Waals surface area contributed by atoms with E-state index < -0.39 is 0 Å². The van der Waals surface area contributed by atoms with Crippen molar-refractivity contribution in [2.45, 2.75) is 4.90 Å². The van der Waals surface area contributed by atoms with Crippen LogP contribution in [-0.2, 0) is 7.05 Å². The molecule has 0 unspecified atom stereocenters. The van der Waals surface area contributed by atoms with E-state index in [0.29, 0.717) is 22.1 Å². The summed E-state index contributed by atoms with van der Waals surface area (Å²) < 4.78 is 1.46. The van der Waals surface area contributed by atoms with Gasteiger partial charge < -0.3 is 15.2 Å². The van der Waals surface area contributed by atoms with Crippen LogP contribution in [0.5, 0.6) is 0 Å². The molecule has 1 heterocycles. The Morgan fingerprint density at radius 3 is 2.54 bits per heavy atom. The van der Waals surface area contributed by atoms with E-state index in [2.05, 4.69) is 10.6 Å². The molecule has 0 radical (unpaired) electrons. The van der Waals surface area contributed by atoms with Crippen molar-refractivity contribution in [2.75, 3.05) is 16.9 Å². The lowest BCUT2D eigenvalue weighted by molar-refractivity contribution is 0.262. The van der Waals surface area contributed by atoms with Crippen LogP contribution in [0, 0.1) is 0 Å². The van der Waals surface area contributed by atoms with Crippen LogP contribution in [-0.4, -0.2) is 16.9 Å². The topological polar surface area (TPSA) is 63.1 Å². The number of fused-ring (bicyclic) bond motifs is 1. The number of pyridine rings is 1. The zero-order valence-corrected chi connectivity index (χ0v) is 14.2. The van der Waals surface area contributed by atoms with Crippen LogP contribution >= 0.6 is 11.8 Å². The van der Waals surface area contributed by atoms with Crippen LogP contribution in [0.2, 0.25) is 0 Å². The molecule has 2 N–H and O–H groups in total. The number of thioether (sulfide) groups is 1. The van der Waals surface area contributed by atoms with E-state index in [9.17, 15) is 9.59 Å². The fourth-order valence-electron chi connectivity index (χ4n) is 2.50. The largest absolute Gasteiger partial charge is 0.323 e. The third-order valence-corrected chi connectivity index (χ3v) is 4.39. The van der Waals surface area contributed by atoms with Crippen LogP contribution in [0.4, 0.5) is 16.2 Å². The summed E-state index contributed by atoms with van der Waals surface area (Å²) in [6.07, 6.45) is 3.61. The molecule has 0 spiro atoms. The van der Waals surface area contributed by atoms with Crippen molar-refractivity contribution in [1.82, 2.24) is 4.57 Å². The summed E-state index contributed by atoms with van der Waals surface area (Å²) in [7, 11) is 1.67. The van der Waals surface area contributed by atoms with Gasteiger partial charge in [-0.25, -0.2) is 4.79 Å². The highest BCUT2D eigenvalue weighted by molar-refractivity contribution is 7.98. The highest BCUT2D eigenvalue weighted by atomic mass is 32.2. The van der Waals surface area contributed by atoms with Gasteiger partial charge in [0, 0.05) is 34.6 Å². The molecule has 0 saturated carbocycles. The number of amides is 2. The molecule has 122 valence electrons. The van der Waals surface area contributed by atoms with Crippen LogP contribution < -0.4 is 16.2 Å². The second-order valence-electron chi connectivity index (χ2n) is 5.32. The number of rotatable bonds is 3. The van der Waals surface area contributed by atoms with Gasteiger partial charge in [0.1, 0.15) is 0 Å². The molecule has 0 aliphatic rings. The molecule has 3 rings (SSSR count). The smallest absolute Gasteiger partial charge is 0.316 e. The van der Waals surface area contributed by atoms with Crippen LogP contribution in [0.15, 0.2) is 64.4 Å². The molecule has 24 heavy (non-hydrogen) atoms. The maximum atomic E-state index is 12.3. The molecule has 1 aromatic heterocycles. The summed E-state index contributed by atoms with van der Waals surface area (Å²) in [6, 6.07) is 14.5. The Balaban J connectivity index is 1.88. The van der Waals surface area contributed by atoms with Gasteiger partial charge >= 0.3 is 6.03 Å².